The van der Waals surface area contributed by atoms with Gasteiger partial charge in [0.15, 0.2) is 0 Å². The molecular formula is C33H57NO4. The highest BCUT2D eigenvalue weighted by Gasteiger charge is 2.49. The van der Waals surface area contributed by atoms with E-state index in [0.717, 1.165) is 67.2 Å². The summed E-state index contributed by atoms with van der Waals surface area (Å²) < 4.78 is 11.5. The number of unbranched alkanes of at least 4 members (excludes halogenated alkanes) is 1. The Morgan fingerprint density at radius 1 is 0.974 bits per heavy atom. The first-order chi connectivity index (χ1) is 18.5. The van der Waals surface area contributed by atoms with Gasteiger partial charge in [-0.05, 0) is 106 Å². The monoisotopic (exact) mass is 531 g/mol. The van der Waals surface area contributed by atoms with Crippen LogP contribution >= 0.6 is 0 Å². The van der Waals surface area contributed by atoms with Crippen molar-refractivity contribution in [2.24, 2.45) is 41.4 Å². The Morgan fingerprint density at radius 2 is 1.79 bits per heavy atom. The normalized spacial score (nSPS) is 32.6. The molecule has 0 radical (unpaired) electrons. The number of allylic oxidation sites excluding steroid dienone is 1. The lowest BCUT2D eigenvalue weighted by Gasteiger charge is -2.50. The van der Waals surface area contributed by atoms with E-state index in [0.29, 0.717) is 26.2 Å². The van der Waals surface area contributed by atoms with E-state index in [1.54, 1.807) is 5.57 Å². The molecule has 5 heteroatoms. The summed E-state index contributed by atoms with van der Waals surface area (Å²) in [6.45, 7) is 7.27. The van der Waals surface area contributed by atoms with E-state index in [1.807, 2.05) is 11.9 Å². The zero-order valence-corrected chi connectivity index (χ0v) is 24.8. The Hall–Kier alpha value is -0.910. The first kappa shape index (κ1) is 30.1. The molecule has 4 aliphatic carbocycles. The van der Waals surface area contributed by atoms with Crippen molar-refractivity contribution in [3.63, 3.8) is 0 Å². The van der Waals surface area contributed by atoms with Crippen molar-refractivity contribution in [2.45, 2.75) is 110 Å². The fraction of sp³-hybridized carbons (Fsp3) is 0.909. The number of likely N-dealkylation sites (N-methyl/N-ethyl adjacent to an activating group) is 1. The summed E-state index contributed by atoms with van der Waals surface area (Å²) in [6, 6.07) is 0. The summed E-state index contributed by atoms with van der Waals surface area (Å²) in [7, 11) is 1.97. The molecule has 0 aliphatic heterocycles. The highest BCUT2D eigenvalue weighted by molar-refractivity contribution is 5.69. The van der Waals surface area contributed by atoms with Gasteiger partial charge in [-0.15, -0.1) is 0 Å². The molecule has 38 heavy (non-hydrogen) atoms. The molecule has 0 amide bonds. The van der Waals surface area contributed by atoms with Gasteiger partial charge in [0.2, 0.25) is 0 Å². The smallest absolute Gasteiger partial charge is 0.308 e. The fourth-order valence-corrected chi connectivity index (χ4v) is 8.65. The lowest BCUT2D eigenvalue weighted by Crippen LogP contribution is -2.42. The number of carbonyl (C=O) groups is 1. The Bertz CT molecular complexity index is 751. The van der Waals surface area contributed by atoms with E-state index in [1.165, 1.54) is 64.2 Å². The predicted molar refractivity (Wildman–Crippen MR) is 154 cm³/mol. The van der Waals surface area contributed by atoms with E-state index in [4.69, 9.17) is 14.6 Å². The molecule has 0 spiro atoms. The van der Waals surface area contributed by atoms with Crippen LogP contribution in [0.2, 0.25) is 0 Å². The predicted octanol–water partition coefficient (Wildman–Crippen LogP) is 6.63. The van der Waals surface area contributed by atoms with Gasteiger partial charge in [0.25, 0.3) is 0 Å². The molecule has 7 atom stereocenters. The molecule has 7 unspecified atom stereocenters. The van der Waals surface area contributed by atoms with Gasteiger partial charge in [0, 0.05) is 13.1 Å². The molecule has 5 nitrogen and oxygen atoms in total. The van der Waals surface area contributed by atoms with Crippen LogP contribution in [0.15, 0.2) is 11.6 Å². The molecule has 4 aliphatic rings. The highest BCUT2D eigenvalue weighted by atomic mass is 16.5. The third-order valence-corrected chi connectivity index (χ3v) is 10.6. The van der Waals surface area contributed by atoms with Crippen LogP contribution < -0.4 is 0 Å². The van der Waals surface area contributed by atoms with Gasteiger partial charge < -0.3 is 19.5 Å². The van der Waals surface area contributed by atoms with Crippen molar-refractivity contribution in [3.8, 4) is 0 Å². The van der Waals surface area contributed by atoms with Crippen molar-refractivity contribution in [1.82, 2.24) is 4.90 Å². The van der Waals surface area contributed by atoms with Crippen LogP contribution in [0, 0.1) is 41.4 Å². The van der Waals surface area contributed by atoms with Crippen LogP contribution in [-0.4, -0.2) is 62.0 Å². The van der Waals surface area contributed by atoms with Gasteiger partial charge in [-0.25, -0.2) is 0 Å². The van der Waals surface area contributed by atoms with Crippen molar-refractivity contribution in [3.05, 3.63) is 11.6 Å². The molecule has 218 valence electrons. The highest BCUT2D eigenvalue weighted by Crippen LogP contribution is 2.58. The number of hydrogen-bond donors (Lipinski definition) is 1. The average Bonchev–Trinajstić information content (AvgIpc) is 3.32. The Kier molecular flexibility index (Phi) is 12.0. The largest absolute Gasteiger partial charge is 0.466 e. The lowest BCUT2D eigenvalue weighted by atomic mass is 9.56. The second kappa shape index (κ2) is 15.2. The average molecular weight is 532 g/mol. The van der Waals surface area contributed by atoms with Crippen LogP contribution in [0.1, 0.15) is 104 Å². The Balaban J connectivity index is 1.15. The number of aliphatic hydroxyl groups is 1. The topological polar surface area (TPSA) is 59.0 Å². The maximum absolute atomic E-state index is 12.1. The van der Waals surface area contributed by atoms with Gasteiger partial charge in [-0.2, -0.15) is 0 Å². The third kappa shape index (κ3) is 8.30. The van der Waals surface area contributed by atoms with Gasteiger partial charge in [-0.3, -0.25) is 4.79 Å². The van der Waals surface area contributed by atoms with Crippen LogP contribution in [0.3, 0.4) is 0 Å². The second-order valence-corrected chi connectivity index (χ2v) is 13.5. The number of nitrogens with zero attached hydrogens (tertiary/aromatic N) is 1. The zero-order chi connectivity index (χ0) is 26.9. The molecule has 0 aromatic heterocycles. The number of fused-ring (bicyclic) bond motifs is 5. The summed E-state index contributed by atoms with van der Waals surface area (Å²) in [4.78, 5) is 14.1. The quantitative estimate of drug-likeness (QED) is 0.146. The van der Waals surface area contributed by atoms with E-state index >= 15 is 0 Å². The first-order valence-electron chi connectivity index (χ1n) is 16.2. The zero-order valence-electron chi connectivity index (χ0n) is 24.8. The fourth-order valence-electron chi connectivity index (χ4n) is 8.65. The number of rotatable bonds is 15. The summed E-state index contributed by atoms with van der Waals surface area (Å²) >= 11 is 0. The van der Waals surface area contributed by atoms with E-state index in [2.05, 4.69) is 19.9 Å². The maximum atomic E-state index is 12.1. The third-order valence-electron chi connectivity index (χ3n) is 10.6. The molecule has 3 saturated carbocycles. The minimum atomic E-state index is -0.158. The number of ether oxygens (including phenoxy) is 2. The minimum absolute atomic E-state index is 0.158. The van der Waals surface area contributed by atoms with Crippen molar-refractivity contribution < 1.29 is 19.4 Å². The molecular weight excluding hydrogens is 474 g/mol. The number of esters is 1. The molecule has 0 heterocycles. The van der Waals surface area contributed by atoms with Gasteiger partial charge in [0.1, 0.15) is 0 Å². The van der Waals surface area contributed by atoms with Crippen molar-refractivity contribution in [1.29, 1.82) is 0 Å². The molecule has 4 rings (SSSR count). The second-order valence-electron chi connectivity index (χ2n) is 13.5. The Labute approximate surface area is 233 Å². The maximum Gasteiger partial charge on any atom is 0.308 e. The Morgan fingerprint density at radius 3 is 2.61 bits per heavy atom. The van der Waals surface area contributed by atoms with Gasteiger partial charge in [0.05, 0.1) is 32.3 Å². The molecule has 0 aromatic rings. The van der Waals surface area contributed by atoms with Crippen LogP contribution in [0.4, 0.5) is 0 Å². The number of carbonyl (C=O) groups excluding carboxylic acids is 1. The van der Waals surface area contributed by atoms with Gasteiger partial charge >= 0.3 is 5.97 Å². The number of hydrogen-bond acceptors (Lipinski definition) is 5. The first-order valence-corrected chi connectivity index (χ1v) is 16.2. The molecule has 0 aromatic carbocycles. The minimum Gasteiger partial charge on any atom is -0.466 e. The SMILES string of the molecule is CC(C)CCCCC1CCC2C1CCC1C3CCC(OCCC(=O)OCCCN(C)CCO)CC3=CCC12. The van der Waals surface area contributed by atoms with E-state index in [-0.39, 0.29) is 18.7 Å². The van der Waals surface area contributed by atoms with Crippen LogP contribution in [0.25, 0.3) is 0 Å². The summed E-state index contributed by atoms with van der Waals surface area (Å²) in [5.74, 6) is 6.39. The summed E-state index contributed by atoms with van der Waals surface area (Å²) in [5.41, 5.74) is 1.68. The lowest BCUT2D eigenvalue weighted by molar-refractivity contribution is -0.145. The molecule has 1 N–H and O–H groups in total. The van der Waals surface area contributed by atoms with Crippen molar-refractivity contribution >= 4 is 5.97 Å². The van der Waals surface area contributed by atoms with E-state index in [9.17, 15) is 4.79 Å². The van der Waals surface area contributed by atoms with Crippen molar-refractivity contribution in [2.75, 3.05) is 40.0 Å². The summed E-state index contributed by atoms with van der Waals surface area (Å²) in [5, 5.41) is 8.94. The summed E-state index contributed by atoms with van der Waals surface area (Å²) in [6.07, 6.45) is 20.6. The van der Waals surface area contributed by atoms with E-state index < -0.39 is 0 Å². The standard InChI is InChI=1S/C33H57NO4/c1-24(2)7-4-5-8-25-9-12-30-28(25)15-16-31-29-14-11-27(23-26(29)10-13-32(30)31)37-22-17-33(36)38-21-6-18-34(3)19-20-35/h10,24-25,27-32,35H,4-9,11-23H2,1-3H3. The molecule has 3 fully saturated rings. The van der Waals surface area contributed by atoms with Gasteiger partial charge in [-0.1, -0.05) is 51.2 Å². The van der Waals surface area contributed by atoms with Crippen LogP contribution in [-0.2, 0) is 14.3 Å². The molecule has 0 bridgehead atoms. The molecule has 0 saturated heterocycles. The number of aliphatic hydroxyl groups excluding tert-OH is 1. The van der Waals surface area contributed by atoms with Crippen LogP contribution in [0.5, 0.6) is 0 Å².